The first-order valence-corrected chi connectivity index (χ1v) is 6.48. The van der Waals surface area contributed by atoms with Gasteiger partial charge in [-0.1, -0.05) is 36.5 Å². The molecule has 1 amide bonds. The zero-order valence-corrected chi connectivity index (χ0v) is 10.8. The quantitative estimate of drug-likeness (QED) is 0.880. The lowest BCUT2D eigenvalue weighted by molar-refractivity contribution is 0.102. The van der Waals surface area contributed by atoms with Crippen LogP contribution in [0.2, 0.25) is 0 Å². The monoisotopic (exact) mass is 262 g/mol. The van der Waals surface area contributed by atoms with Crippen LogP contribution in [0.25, 0.3) is 0 Å². The molecule has 0 bridgehead atoms. The Morgan fingerprint density at radius 2 is 2.17 bits per heavy atom. The second kappa shape index (κ2) is 5.70. The van der Waals surface area contributed by atoms with Gasteiger partial charge < -0.3 is 5.73 Å². The number of hydrogen-bond donors (Lipinski definition) is 2. The molecular weight excluding hydrogens is 248 g/mol. The highest BCUT2D eigenvalue weighted by molar-refractivity contribution is 7.15. The van der Waals surface area contributed by atoms with Crippen LogP contribution in [0.15, 0.2) is 24.3 Å². The second-order valence-electron chi connectivity index (χ2n) is 3.67. The maximum atomic E-state index is 12.1. The molecule has 2 rings (SSSR count). The molecule has 1 heterocycles. The standard InChI is InChI=1S/C12H14N4OS/c1-2-10-15-16-12(18-10)14-11(17)9-6-4-3-5-8(9)7-13/h3-6H,2,7,13H2,1H3,(H,14,16,17). The highest BCUT2D eigenvalue weighted by atomic mass is 32.1. The van der Waals surface area contributed by atoms with E-state index in [0.717, 1.165) is 17.0 Å². The topological polar surface area (TPSA) is 80.9 Å². The van der Waals surface area contributed by atoms with Crippen LogP contribution in [0.4, 0.5) is 5.13 Å². The van der Waals surface area contributed by atoms with E-state index in [1.165, 1.54) is 11.3 Å². The lowest BCUT2D eigenvalue weighted by atomic mass is 10.1. The molecule has 2 aromatic rings. The summed E-state index contributed by atoms with van der Waals surface area (Å²) >= 11 is 1.38. The van der Waals surface area contributed by atoms with Crippen molar-refractivity contribution in [3.05, 3.63) is 40.4 Å². The Hall–Kier alpha value is -1.79. The van der Waals surface area contributed by atoms with Crippen LogP contribution < -0.4 is 11.1 Å². The largest absolute Gasteiger partial charge is 0.326 e. The Morgan fingerprint density at radius 3 is 2.83 bits per heavy atom. The minimum Gasteiger partial charge on any atom is -0.326 e. The van der Waals surface area contributed by atoms with E-state index in [1.807, 2.05) is 25.1 Å². The Labute approximate surface area is 109 Å². The van der Waals surface area contributed by atoms with E-state index in [0.29, 0.717) is 17.2 Å². The van der Waals surface area contributed by atoms with Gasteiger partial charge in [-0.15, -0.1) is 10.2 Å². The van der Waals surface area contributed by atoms with Crippen LogP contribution in [-0.4, -0.2) is 16.1 Å². The summed E-state index contributed by atoms with van der Waals surface area (Å²) in [5, 5.41) is 12.0. The van der Waals surface area contributed by atoms with Gasteiger partial charge in [-0.25, -0.2) is 0 Å². The van der Waals surface area contributed by atoms with Crippen molar-refractivity contribution in [2.75, 3.05) is 5.32 Å². The molecule has 0 unspecified atom stereocenters. The van der Waals surface area contributed by atoms with Crippen molar-refractivity contribution < 1.29 is 4.79 Å². The maximum Gasteiger partial charge on any atom is 0.257 e. The van der Waals surface area contributed by atoms with Crippen LogP contribution in [0, 0.1) is 0 Å². The average molecular weight is 262 g/mol. The van der Waals surface area contributed by atoms with Gasteiger partial charge in [0.2, 0.25) is 5.13 Å². The number of anilines is 1. The Morgan fingerprint density at radius 1 is 1.39 bits per heavy atom. The fourth-order valence-electron chi connectivity index (χ4n) is 1.53. The molecule has 0 atom stereocenters. The van der Waals surface area contributed by atoms with Crippen molar-refractivity contribution in [2.45, 2.75) is 19.9 Å². The SMILES string of the molecule is CCc1nnc(NC(=O)c2ccccc2CN)s1. The lowest BCUT2D eigenvalue weighted by Crippen LogP contribution is -2.15. The summed E-state index contributed by atoms with van der Waals surface area (Å²) in [5.74, 6) is -0.199. The van der Waals surface area contributed by atoms with Crippen LogP contribution in [0.1, 0.15) is 27.9 Å². The van der Waals surface area contributed by atoms with Crippen molar-refractivity contribution in [1.82, 2.24) is 10.2 Å². The van der Waals surface area contributed by atoms with Gasteiger partial charge in [0, 0.05) is 12.1 Å². The number of aryl methyl sites for hydroxylation is 1. The smallest absolute Gasteiger partial charge is 0.257 e. The van der Waals surface area contributed by atoms with Gasteiger partial charge in [-0.05, 0) is 18.1 Å². The minimum atomic E-state index is -0.199. The first kappa shape index (κ1) is 12.7. The van der Waals surface area contributed by atoms with E-state index in [1.54, 1.807) is 6.07 Å². The van der Waals surface area contributed by atoms with E-state index in [4.69, 9.17) is 5.73 Å². The summed E-state index contributed by atoms with van der Waals surface area (Å²) in [6.45, 7) is 2.33. The third-order valence-electron chi connectivity index (χ3n) is 2.47. The third kappa shape index (κ3) is 2.72. The summed E-state index contributed by atoms with van der Waals surface area (Å²) < 4.78 is 0. The van der Waals surface area contributed by atoms with Gasteiger partial charge in [-0.3, -0.25) is 10.1 Å². The van der Waals surface area contributed by atoms with E-state index in [9.17, 15) is 4.79 Å². The van der Waals surface area contributed by atoms with Crippen molar-refractivity contribution in [3.8, 4) is 0 Å². The van der Waals surface area contributed by atoms with Gasteiger partial charge in [-0.2, -0.15) is 0 Å². The molecule has 0 spiro atoms. The molecule has 18 heavy (non-hydrogen) atoms. The molecule has 0 saturated heterocycles. The van der Waals surface area contributed by atoms with Crippen molar-refractivity contribution >= 4 is 22.4 Å². The molecule has 0 radical (unpaired) electrons. The van der Waals surface area contributed by atoms with E-state index in [2.05, 4.69) is 15.5 Å². The molecule has 0 aliphatic rings. The molecule has 0 aliphatic heterocycles. The van der Waals surface area contributed by atoms with Crippen molar-refractivity contribution in [1.29, 1.82) is 0 Å². The second-order valence-corrected chi connectivity index (χ2v) is 4.73. The maximum absolute atomic E-state index is 12.1. The van der Waals surface area contributed by atoms with Gasteiger partial charge in [0.05, 0.1) is 0 Å². The number of hydrogen-bond acceptors (Lipinski definition) is 5. The Balaban J connectivity index is 2.16. The molecule has 3 N–H and O–H groups in total. The van der Waals surface area contributed by atoms with Crippen LogP contribution in [0.3, 0.4) is 0 Å². The van der Waals surface area contributed by atoms with E-state index < -0.39 is 0 Å². The number of nitrogens with one attached hydrogen (secondary N) is 1. The number of carbonyl (C=O) groups is 1. The molecule has 0 fully saturated rings. The summed E-state index contributed by atoms with van der Waals surface area (Å²) in [6, 6.07) is 7.26. The van der Waals surface area contributed by atoms with Crippen LogP contribution >= 0.6 is 11.3 Å². The minimum absolute atomic E-state index is 0.199. The number of carbonyl (C=O) groups excluding carboxylic acids is 1. The number of rotatable bonds is 4. The molecule has 5 nitrogen and oxygen atoms in total. The summed E-state index contributed by atoms with van der Waals surface area (Å²) in [5.41, 5.74) is 6.99. The Kier molecular flexibility index (Phi) is 4.01. The van der Waals surface area contributed by atoms with Gasteiger partial charge >= 0.3 is 0 Å². The normalized spacial score (nSPS) is 10.3. The van der Waals surface area contributed by atoms with Crippen molar-refractivity contribution in [2.24, 2.45) is 5.73 Å². The fourth-order valence-corrected chi connectivity index (χ4v) is 2.21. The highest BCUT2D eigenvalue weighted by Crippen LogP contribution is 2.17. The molecule has 0 saturated carbocycles. The van der Waals surface area contributed by atoms with Gasteiger partial charge in [0.1, 0.15) is 5.01 Å². The zero-order valence-electron chi connectivity index (χ0n) is 10.0. The third-order valence-corrected chi connectivity index (χ3v) is 3.45. The number of amides is 1. The van der Waals surface area contributed by atoms with E-state index >= 15 is 0 Å². The molecule has 0 aliphatic carbocycles. The average Bonchev–Trinajstić information content (AvgIpc) is 2.86. The van der Waals surface area contributed by atoms with Crippen LogP contribution in [-0.2, 0) is 13.0 Å². The first-order valence-electron chi connectivity index (χ1n) is 5.66. The fraction of sp³-hybridized carbons (Fsp3) is 0.250. The predicted molar refractivity (Wildman–Crippen MR) is 71.6 cm³/mol. The molecule has 1 aromatic heterocycles. The van der Waals surface area contributed by atoms with Gasteiger partial charge in [0.15, 0.2) is 0 Å². The number of nitrogens with two attached hydrogens (primary N) is 1. The molecule has 94 valence electrons. The number of benzene rings is 1. The first-order chi connectivity index (χ1) is 8.74. The molecule has 6 heteroatoms. The highest BCUT2D eigenvalue weighted by Gasteiger charge is 2.12. The van der Waals surface area contributed by atoms with E-state index in [-0.39, 0.29) is 5.91 Å². The predicted octanol–water partition coefficient (Wildman–Crippen LogP) is 1.81. The zero-order chi connectivity index (χ0) is 13.0. The summed E-state index contributed by atoms with van der Waals surface area (Å²) in [6.07, 6.45) is 0.812. The Bertz CT molecular complexity index is 553. The lowest BCUT2D eigenvalue weighted by Gasteiger charge is -2.06. The number of aromatic nitrogens is 2. The van der Waals surface area contributed by atoms with Gasteiger partial charge in [0.25, 0.3) is 5.91 Å². The summed E-state index contributed by atoms with van der Waals surface area (Å²) in [4.78, 5) is 12.1. The van der Waals surface area contributed by atoms with Crippen LogP contribution in [0.5, 0.6) is 0 Å². The molecular formula is C12H14N4OS. The van der Waals surface area contributed by atoms with Crippen molar-refractivity contribution in [3.63, 3.8) is 0 Å². The summed E-state index contributed by atoms with van der Waals surface area (Å²) in [7, 11) is 0. The molecule has 1 aromatic carbocycles. The number of nitrogens with zero attached hydrogens (tertiary/aromatic N) is 2.